The molecule has 3 unspecified atom stereocenters. The lowest BCUT2D eigenvalue weighted by molar-refractivity contribution is -0.143. The highest BCUT2D eigenvalue weighted by atomic mass is 16.5. The summed E-state index contributed by atoms with van der Waals surface area (Å²) in [7, 11) is 3.49. The quantitative estimate of drug-likeness (QED) is 0.772. The minimum Gasteiger partial charge on any atom is -0.469 e. The maximum atomic E-state index is 12.1. The van der Waals surface area contributed by atoms with Crippen LogP contribution in [-0.2, 0) is 14.3 Å². The lowest BCUT2D eigenvalue weighted by Gasteiger charge is -2.29. The first-order valence-electron chi connectivity index (χ1n) is 7.08. The Hall–Kier alpha value is -1.39. The zero-order valence-corrected chi connectivity index (χ0v) is 12.4. The van der Waals surface area contributed by atoms with E-state index in [1.165, 1.54) is 7.11 Å². The molecule has 1 heterocycles. The van der Waals surface area contributed by atoms with Crippen molar-refractivity contribution in [2.45, 2.75) is 31.4 Å². The molecular formula is C16H23NO3. The number of nitrogens with zero attached hydrogens (tertiary/aromatic N) is 1. The third kappa shape index (κ3) is 3.38. The monoisotopic (exact) mass is 277 g/mol. The smallest absolute Gasteiger partial charge is 0.314 e. The van der Waals surface area contributed by atoms with Crippen molar-refractivity contribution in [3.05, 3.63) is 35.9 Å². The molecule has 0 aromatic heterocycles. The SMILES string of the molecule is COC(=O)C(CN(C)C1CCOC1C)c1ccccc1. The molecule has 0 saturated carbocycles. The van der Waals surface area contributed by atoms with E-state index in [4.69, 9.17) is 9.47 Å². The molecule has 4 nitrogen and oxygen atoms in total. The van der Waals surface area contributed by atoms with E-state index in [1.54, 1.807) is 0 Å². The van der Waals surface area contributed by atoms with Crippen molar-refractivity contribution >= 4 is 5.97 Å². The fourth-order valence-corrected chi connectivity index (χ4v) is 2.87. The van der Waals surface area contributed by atoms with E-state index in [1.807, 2.05) is 30.3 Å². The largest absolute Gasteiger partial charge is 0.469 e. The second kappa shape index (κ2) is 6.86. The molecule has 20 heavy (non-hydrogen) atoms. The number of likely N-dealkylation sites (N-methyl/N-ethyl adjacent to an activating group) is 1. The van der Waals surface area contributed by atoms with Crippen LogP contribution in [0, 0.1) is 0 Å². The first-order chi connectivity index (χ1) is 9.63. The molecule has 0 radical (unpaired) electrons. The number of hydrogen-bond acceptors (Lipinski definition) is 4. The number of carbonyl (C=O) groups is 1. The van der Waals surface area contributed by atoms with E-state index in [2.05, 4.69) is 18.9 Å². The van der Waals surface area contributed by atoms with Gasteiger partial charge >= 0.3 is 5.97 Å². The Morgan fingerprint density at radius 3 is 2.70 bits per heavy atom. The van der Waals surface area contributed by atoms with Crippen LogP contribution in [0.3, 0.4) is 0 Å². The van der Waals surface area contributed by atoms with Gasteiger partial charge in [-0.05, 0) is 26.0 Å². The minimum absolute atomic E-state index is 0.186. The van der Waals surface area contributed by atoms with Gasteiger partial charge in [-0.3, -0.25) is 9.69 Å². The van der Waals surface area contributed by atoms with E-state index in [0.29, 0.717) is 12.6 Å². The molecule has 0 aliphatic carbocycles. The molecule has 1 saturated heterocycles. The summed E-state index contributed by atoms with van der Waals surface area (Å²) in [6, 6.07) is 10.2. The predicted octanol–water partition coefficient (Wildman–Crippen LogP) is 2.05. The van der Waals surface area contributed by atoms with Crippen LogP contribution in [0.1, 0.15) is 24.8 Å². The molecule has 0 amide bonds. The first kappa shape index (κ1) is 15.0. The van der Waals surface area contributed by atoms with Crippen molar-refractivity contribution in [1.82, 2.24) is 4.90 Å². The average molecular weight is 277 g/mol. The molecule has 0 N–H and O–H groups in total. The lowest BCUT2D eigenvalue weighted by Crippen LogP contribution is -2.40. The summed E-state index contributed by atoms with van der Waals surface area (Å²) in [6.07, 6.45) is 1.23. The number of benzene rings is 1. The van der Waals surface area contributed by atoms with Gasteiger partial charge in [0.05, 0.1) is 19.1 Å². The minimum atomic E-state index is -0.251. The Balaban J connectivity index is 2.10. The molecule has 1 aromatic rings. The average Bonchev–Trinajstić information content (AvgIpc) is 2.91. The highest BCUT2D eigenvalue weighted by Crippen LogP contribution is 2.23. The van der Waals surface area contributed by atoms with Gasteiger partial charge in [0.25, 0.3) is 0 Å². The number of ether oxygens (including phenoxy) is 2. The summed E-state index contributed by atoms with van der Waals surface area (Å²) in [6.45, 7) is 3.53. The number of methoxy groups -OCH3 is 1. The van der Waals surface area contributed by atoms with E-state index >= 15 is 0 Å². The standard InChI is InChI=1S/C16H23NO3/c1-12-15(9-10-20-12)17(2)11-14(16(18)19-3)13-7-5-4-6-8-13/h4-8,12,14-15H,9-11H2,1-3H3. The number of carbonyl (C=O) groups excluding carboxylic acids is 1. The normalized spacial score (nSPS) is 23.8. The molecular weight excluding hydrogens is 254 g/mol. The Kier molecular flexibility index (Phi) is 5.15. The number of rotatable bonds is 5. The molecule has 1 aliphatic heterocycles. The van der Waals surface area contributed by atoms with Gasteiger partial charge in [-0.1, -0.05) is 30.3 Å². The molecule has 1 aliphatic rings. The maximum absolute atomic E-state index is 12.1. The van der Waals surface area contributed by atoms with Gasteiger partial charge in [-0.15, -0.1) is 0 Å². The molecule has 0 bridgehead atoms. The summed E-state index contributed by atoms with van der Waals surface area (Å²) in [5, 5.41) is 0. The van der Waals surface area contributed by atoms with Gasteiger partial charge in [0.2, 0.25) is 0 Å². The molecule has 1 fully saturated rings. The van der Waals surface area contributed by atoms with Crippen LogP contribution < -0.4 is 0 Å². The maximum Gasteiger partial charge on any atom is 0.314 e. The van der Waals surface area contributed by atoms with Gasteiger partial charge < -0.3 is 9.47 Å². The molecule has 3 atom stereocenters. The van der Waals surface area contributed by atoms with Crippen molar-refractivity contribution in [1.29, 1.82) is 0 Å². The predicted molar refractivity (Wildman–Crippen MR) is 77.6 cm³/mol. The summed E-state index contributed by atoms with van der Waals surface area (Å²) in [4.78, 5) is 14.3. The van der Waals surface area contributed by atoms with Gasteiger partial charge in [-0.2, -0.15) is 0 Å². The Labute approximate surface area is 120 Å². The van der Waals surface area contributed by atoms with Crippen molar-refractivity contribution in [2.75, 3.05) is 27.3 Å². The van der Waals surface area contributed by atoms with Crippen molar-refractivity contribution in [2.24, 2.45) is 0 Å². The second-order valence-corrected chi connectivity index (χ2v) is 5.36. The van der Waals surface area contributed by atoms with Crippen LogP contribution >= 0.6 is 0 Å². The van der Waals surface area contributed by atoms with E-state index in [0.717, 1.165) is 18.6 Å². The van der Waals surface area contributed by atoms with Crippen molar-refractivity contribution in [3.8, 4) is 0 Å². The Morgan fingerprint density at radius 2 is 2.15 bits per heavy atom. The molecule has 2 rings (SSSR count). The summed E-state index contributed by atoms with van der Waals surface area (Å²) < 4.78 is 10.6. The van der Waals surface area contributed by atoms with Gasteiger partial charge in [-0.25, -0.2) is 0 Å². The third-order valence-electron chi connectivity index (χ3n) is 4.06. The molecule has 1 aromatic carbocycles. The van der Waals surface area contributed by atoms with Crippen LogP contribution in [0.15, 0.2) is 30.3 Å². The highest BCUT2D eigenvalue weighted by molar-refractivity contribution is 5.78. The van der Waals surface area contributed by atoms with E-state index < -0.39 is 0 Å². The zero-order valence-electron chi connectivity index (χ0n) is 12.4. The summed E-state index contributed by atoms with van der Waals surface area (Å²) in [5.41, 5.74) is 0.998. The van der Waals surface area contributed by atoms with Gasteiger partial charge in [0.1, 0.15) is 0 Å². The van der Waals surface area contributed by atoms with Crippen LogP contribution in [0.5, 0.6) is 0 Å². The van der Waals surface area contributed by atoms with Crippen molar-refractivity contribution < 1.29 is 14.3 Å². The number of esters is 1. The highest BCUT2D eigenvalue weighted by Gasteiger charge is 2.31. The van der Waals surface area contributed by atoms with Crippen LogP contribution in [0.4, 0.5) is 0 Å². The third-order valence-corrected chi connectivity index (χ3v) is 4.06. The Bertz CT molecular complexity index is 435. The van der Waals surface area contributed by atoms with Gasteiger partial charge in [0, 0.05) is 19.2 Å². The van der Waals surface area contributed by atoms with Crippen LogP contribution in [0.2, 0.25) is 0 Å². The summed E-state index contributed by atoms with van der Waals surface area (Å²) in [5.74, 6) is -0.436. The van der Waals surface area contributed by atoms with Gasteiger partial charge in [0.15, 0.2) is 0 Å². The van der Waals surface area contributed by atoms with Crippen LogP contribution in [0.25, 0.3) is 0 Å². The number of hydrogen-bond donors (Lipinski definition) is 0. The molecule has 110 valence electrons. The Morgan fingerprint density at radius 1 is 1.45 bits per heavy atom. The molecule has 0 spiro atoms. The summed E-state index contributed by atoms with van der Waals surface area (Å²) >= 11 is 0. The fraction of sp³-hybridized carbons (Fsp3) is 0.562. The van der Waals surface area contributed by atoms with E-state index in [9.17, 15) is 4.79 Å². The second-order valence-electron chi connectivity index (χ2n) is 5.36. The van der Waals surface area contributed by atoms with Crippen molar-refractivity contribution in [3.63, 3.8) is 0 Å². The topological polar surface area (TPSA) is 38.8 Å². The van der Waals surface area contributed by atoms with Crippen LogP contribution in [-0.4, -0.2) is 50.3 Å². The zero-order chi connectivity index (χ0) is 14.5. The van der Waals surface area contributed by atoms with E-state index in [-0.39, 0.29) is 18.0 Å². The lowest BCUT2D eigenvalue weighted by atomic mass is 9.97. The first-order valence-corrected chi connectivity index (χ1v) is 7.08. The molecule has 4 heteroatoms. The fourth-order valence-electron chi connectivity index (χ4n) is 2.87.